The van der Waals surface area contributed by atoms with Crippen LogP contribution in [0.1, 0.15) is 29.1 Å². The molecule has 0 saturated heterocycles. The summed E-state index contributed by atoms with van der Waals surface area (Å²) in [7, 11) is -1.44. The van der Waals surface area contributed by atoms with E-state index in [9.17, 15) is 0 Å². The summed E-state index contributed by atoms with van der Waals surface area (Å²) >= 11 is 0. The smallest absolute Gasteiger partial charge is 0.120 e. The third-order valence-corrected chi connectivity index (χ3v) is 8.84. The molecule has 6 rings (SSSR count). The fourth-order valence-corrected chi connectivity index (χ4v) is 6.49. The van der Waals surface area contributed by atoms with Crippen molar-refractivity contribution in [1.29, 1.82) is 0 Å². The molecule has 211 valence electrons. The molecular formula is C36H36IrN2OSi-2. The fraction of sp³-hybridized carbons (Fsp3) is 0.222. The second-order valence-corrected chi connectivity index (χ2v) is 16.5. The Morgan fingerprint density at radius 3 is 2.32 bits per heavy atom. The average Bonchev–Trinajstić information content (AvgIpc) is 3.36. The van der Waals surface area contributed by atoms with E-state index in [2.05, 4.69) is 81.1 Å². The van der Waals surface area contributed by atoms with Gasteiger partial charge in [-0.15, -0.1) is 54.1 Å². The minimum atomic E-state index is -2.09. The number of hydrogen-bond donors (Lipinski definition) is 0. The van der Waals surface area contributed by atoms with Gasteiger partial charge in [0.2, 0.25) is 0 Å². The molecular weight excluding hydrogens is 697 g/mol. The maximum atomic E-state index is 7.23. The minimum absolute atomic E-state index is 0. The summed E-state index contributed by atoms with van der Waals surface area (Å²) in [5.41, 5.74) is 6.97. The first-order valence-corrected chi connectivity index (χ1v) is 17.2. The van der Waals surface area contributed by atoms with E-state index in [0.29, 0.717) is 5.92 Å². The number of pyridine rings is 2. The summed E-state index contributed by atoms with van der Waals surface area (Å²) in [4.78, 5) is 8.97. The zero-order valence-corrected chi connectivity index (χ0v) is 27.5. The van der Waals surface area contributed by atoms with Crippen molar-refractivity contribution in [3.8, 4) is 22.5 Å². The molecule has 6 aromatic rings. The molecule has 0 aliphatic rings. The summed E-state index contributed by atoms with van der Waals surface area (Å²) in [5, 5.41) is 3.72. The Kier molecular flexibility index (Phi) is 8.46. The van der Waals surface area contributed by atoms with E-state index >= 15 is 0 Å². The van der Waals surface area contributed by atoms with Crippen LogP contribution in [0.4, 0.5) is 0 Å². The van der Waals surface area contributed by atoms with Crippen LogP contribution in [-0.2, 0) is 26.5 Å². The molecule has 0 unspecified atom stereocenters. The van der Waals surface area contributed by atoms with E-state index in [4.69, 9.17) is 13.5 Å². The van der Waals surface area contributed by atoms with Crippen molar-refractivity contribution in [3.63, 3.8) is 0 Å². The zero-order valence-electron chi connectivity index (χ0n) is 27.1. The number of fused-ring (bicyclic) bond motifs is 3. The Labute approximate surface area is 262 Å². The molecule has 0 spiro atoms. The van der Waals surface area contributed by atoms with Gasteiger partial charge in [0.15, 0.2) is 0 Å². The molecule has 0 N–H and O–H groups in total. The van der Waals surface area contributed by atoms with Gasteiger partial charge < -0.3 is 14.4 Å². The van der Waals surface area contributed by atoms with Crippen molar-refractivity contribution in [2.45, 2.75) is 46.8 Å². The first-order valence-electron chi connectivity index (χ1n) is 15.2. The Morgan fingerprint density at radius 1 is 0.854 bits per heavy atom. The van der Waals surface area contributed by atoms with Crippen LogP contribution in [-0.4, -0.2) is 18.0 Å². The van der Waals surface area contributed by atoms with E-state index in [1.165, 1.54) is 16.9 Å². The Morgan fingerprint density at radius 2 is 1.63 bits per heavy atom. The van der Waals surface area contributed by atoms with Crippen molar-refractivity contribution in [3.05, 3.63) is 115 Å². The predicted molar refractivity (Wildman–Crippen MR) is 171 cm³/mol. The molecule has 0 bridgehead atoms. The van der Waals surface area contributed by atoms with Gasteiger partial charge in [0.25, 0.3) is 0 Å². The number of aryl methyl sites for hydroxylation is 1. The minimum Gasteiger partial charge on any atom is -0.501 e. The van der Waals surface area contributed by atoms with Crippen LogP contribution in [0.5, 0.6) is 0 Å². The molecule has 3 heterocycles. The van der Waals surface area contributed by atoms with Crippen molar-refractivity contribution < 1.29 is 28.6 Å². The van der Waals surface area contributed by atoms with Crippen LogP contribution in [0.25, 0.3) is 44.5 Å². The normalized spacial score (nSPS) is 12.7. The summed E-state index contributed by atoms with van der Waals surface area (Å²) in [6.45, 7) is 9.63. The summed E-state index contributed by atoms with van der Waals surface area (Å²) < 4.78 is 27.9. The number of hydrogen-bond acceptors (Lipinski definition) is 3. The van der Waals surface area contributed by atoms with Gasteiger partial charge in [-0.25, -0.2) is 0 Å². The van der Waals surface area contributed by atoms with Gasteiger partial charge in [-0.05, 0) is 47.4 Å². The molecule has 0 saturated carbocycles. The van der Waals surface area contributed by atoms with E-state index in [0.717, 1.165) is 50.9 Å². The van der Waals surface area contributed by atoms with Crippen LogP contribution in [0.3, 0.4) is 0 Å². The van der Waals surface area contributed by atoms with Crippen molar-refractivity contribution in [2.24, 2.45) is 5.92 Å². The first kappa shape index (κ1) is 26.5. The quantitative estimate of drug-likeness (QED) is 0.131. The van der Waals surface area contributed by atoms with Crippen LogP contribution < -0.4 is 5.19 Å². The van der Waals surface area contributed by atoms with Crippen LogP contribution >= 0.6 is 0 Å². The van der Waals surface area contributed by atoms with Crippen LogP contribution in [0.2, 0.25) is 19.6 Å². The van der Waals surface area contributed by atoms with Gasteiger partial charge in [-0.1, -0.05) is 86.4 Å². The standard InChI is InChI=1S/C24H26NOSi.C12H10N.Ir/c1-16(2)13-17-14-21(25-15-23(17)27(3,4)5)20-11-8-10-19-18-9-6-7-12-22(18)26-24(19)20;1-10-7-8-12(13-9-10)11-5-3-2-4-6-11;/h6-10,12,14-16H,13H2,1-5H3;2-5,7-9H,1H3;/q2*-1;/i;1D3;. The number of rotatable bonds is 5. The molecule has 0 atom stereocenters. The number of furan rings is 1. The molecule has 0 fully saturated rings. The third kappa shape index (κ3) is 7.10. The largest absolute Gasteiger partial charge is 0.501 e. The molecule has 3 aromatic carbocycles. The number of aromatic nitrogens is 2. The summed E-state index contributed by atoms with van der Waals surface area (Å²) in [6, 6.07) is 31.7. The van der Waals surface area contributed by atoms with Gasteiger partial charge in [-0.3, -0.25) is 0 Å². The van der Waals surface area contributed by atoms with Crippen LogP contribution in [0.15, 0.2) is 95.7 Å². The first-order chi connectivity index (χ1) is 20.4. The molecule has 0 amide bonds. The Balaban J connectivity index is 0.000000223. The second kappa shape index (κ2) is 13.1. The monoisotopic (exact) mass is 736 g/mol. The molecule has 41 heavy (non-hydrogen) atoms. The third-order valence-electron chi connectivity index (χ3n) is 6.77. The van der Waals surface area contributed by atoms with Crippen molar-refractivity contribution >= 4 is 35.2 Å². The van der Waals surface area contributed by atoms with Gasteiger partial charge in [0, 0.05) is 42.0 Å². The molecule has 3 nitrogen and oxygen atoms in total. The molecule has 5 heteroatoms. The van der Waals surface area contributed by atoms with Gasteiger partial charge in [-0.2, -0.15) is 0 Å². The molecule has 0 aliphatic carbocycles. The second-order valence-electron chi connectivity index (χ2n) is 11.5. The van der Waals surface area contributed by atoms with Crippen molar-refractivity contribution in [1.82, 2.24) is 9.97 Å². The predicted octanol–water partition coefficient (Wildman–Crippen LogP) is 9.05. The Hall–Kier alpha value is -3.37. The van der Waals surface area contributed by atoms with E-state index in [1.807, 2.05) is 36.4 Å². The topological polar surface area (TPSA) is 38.9 Å². The van der Waals surface area contributed by atoms with Gasteiger partial charge >= 0.3 is 0 Å². The summed E-state index contributed by atoms with van der Waals surface area (Å²) in [5.74, 6) is 0.612. The van der Waals surface area contributed by atoms with Crippen LogP contribution in [0, 0.1) is 24.9 Å². The maximum Gasteiger partial charge on any atom is 0.120 e. The van der Waals surface area contributed by atoms with Crippen molar-refractivity contribution in [2.75, 3.05) is 0 Å². The SMILES string of the molecule is CC(C)Cc1cc(-c2[c-]ccc3c2oc2ccccc23)ncc1[Si](C)(C)C.[2H]C([2H])([2H])c1ccc(-c2[c-]cccc2)nc1.[Ir]. The Bertz CT molecular complexity index is 1840. The summed E-state index contributed by atoms with van der Waals surface area (Å²) in [6.07, 6.45) is 4.57. The van der Waals surface area contributed by atoms with Gasteiger partial charge in [0.1, 0.15) is 5.58 Å². The average molecular weight is 736 g/mol. The molecule has 1 radical (unpaired) electrons. The number of para-hydroxylation sites is 1. The molecule has 3 aromatic heterocycles. The molecule has 0 aliphatic heterocycles. The number of benzene rings is 3. The maximum absolute atomic E-state index is 7.23. The van der Waals surface area contributed by atoms with E-state index in [-0.39, 0.29) is 25.7 Å². The number of nitrogens with zero attached hydrogens (tertiary/aromatic N) is 2. The van der Waals surface area contributed by atoms with Gasteiger partial charge in [0.05, 0.1) is 13.7 Å². The zero-order chi connectivity index (χ0) is 30.8. The van der Waals surface area contributed by atoms with E-state index < -0.39 is 14.9 Å². The van der Waals surface area contributed by atoms with E-state index in [1.54, 1.807) is 18.2 Å². The fourth-order valence-electron chi connectivity index (χ4n) is 4.90.